The van der Waals surface area contributed by atoms with Crippen LogP contribution in [0, 0.1) is 24.0 Å². The lowest BCUT2D eigenvalue weighted by atomic mass is 10.1. The Morgan fingerprint density at radius 3 is 2.67 bits per heavy atom. The zero-order valence-electron chi connectivity index (χ0n) is 15.2. The van der Waals surface area contributed by atoms with Gasteiger partial charge in [0.2, 0.25) is 11.7 Å². The summed E-state index contributed by atoms with van der Waals surface area (Å²) in [7, 11) is 1.58. The maximum Gasteiger partial charge on any atom is 0.273 e. The molecule has 8 nitrogen and oxygen atoms in total. The summed E-state index contributed by atoms with van der Waals surface area (Å²) in [5.41, 5.74) is 2.41. The predicted molar refractivity (Wildman–Crippen MR) is 98.1 cm³/mol. The lowest BCUT2D eigenvalue weighted by Gasteiger charge is -2.16. The van der Waals surface area contributed by atoms with Crippen molar-refractivity contribution in [2.45, 2.75) is 20.4 Å². The number of aryl methyl sites for hydroxylation is 1. The van der Waals surface area contributed by atoms with Crippen LogP contribution >= 0.6 is 0 Å². The monoisotopic (exact) mass is 366 g/mol. The van der Waals surface area contributed by atoms with Gasteiger partial charge in [-0.1, -0.05) is 35.0 Å². The van der Waals surface area contributed by atoms with Crippen LogP contribution in [0.5, 0.6) is 0 Å². The van der Waals surface area contributed by atoms with E-state index >= 15 is 0 Å². The zero-order valence-corrected chi connectivity index (χ0v) is 15.2. The number of carbonyl (C=O) groups excluding carboxylic acids is 1. The first-order chi connectivity index (χ1) is 12.9. The molecule has 0 saturated heterocycles. The first-order valence-electron chi connectivity index (χ1n) is 8.26. The molecule has 1 heterocycles. The molecule has 3 aromatic rings. The van der Waals surface area contributed by atoms with Gasteiger partial charge in [0.05, 0.1) is 11.5 Å². The topological polar surface area (TPSA) is 102 Å². The van der Waals surface area contributed by atoms with E-state index in [1.165, 1.54) is 17.0 Å². The second-order valence-electron chi connectivity index (χ2n) is 6.25. The van der Waals surface area contributed by atoms with Gasteiger partial charge in [0.25, 0.3) is 11.6 Å². The fourth-order valence-corrected chi connectivity index (χ4v) is 2.75. The van der Waals surface area contributed by atoms with Gasteiger partial charge < -0.3 is 9.42 Å². The van der Waals surface area contributed by atoms with Gasteiger partial charge in [0.15, 0.2) is 0 Å². The number of hydrogen-bond acceptors (Lipinski definition) is 6. The summed E-state index contributed by atoms with van der Waals surface area (Å²) in [6, 6.07) is 12.1. The van der Waals surface area contributed by atoms with Crippen molar-refractivity contribution in [2.75, 3.05) is 7.05 Å². The molecule has 3 rings (SSSR count). The SMILES string of the molecule is Cc1cccc(-c2noc(CN(C)C(=O)c3cccc([N+](=O)[O-])c3C)n2)c1. The van der Waals surface area contributed by atoms with Gasteiger partial charge >= 0.3 is 0 Å². The number of hydrogen-bond donors (Lipinski definition) is 0. The van der Waals surface area contributed by atoms with E-state index in [1.807, 2.05) is 31.2 Å². The van der Waals surface area contributed by atoms with Crippen molar-refractivity contribution in [3.8, 4) is 11.4 Å². The van der Waals surface area contributed by atoms with Gasteiger partial charge in [-0.2, -0.15) is 4.98 Å². The molecule has 0 fully saturated rings. The first kappa shape index (κ1) is 18.2. The molecule has 0 aliphatic rings. The fourth-order valence-electron chi connectivity index (χ4n) is 2.75. The first-order valence-corrected chi connectivity index (χ1v) is 8.26. The van der Waals surface area contributed by atoms with Crippen LogP contribution in [-0.2, 0) is 6.54 Å². The average molecular weight is 366 g/mol. The van der Waals surface area contributed by atoms with Gasteiger partial charge in [-0.05, 0) is 26.0 Å². The molecule has 8 heteroatoms. The summed E-state index contributed by atoms with van der Waals surface area (Å²) in [6.07, 6.45) is 0. The molecule has 0 saturated carbocycles. The molecule has 0 atom stereocenters. The number of benzene rings is 2. The number of carbonyl (C=O) groups is 1. The number of nitro benzene ring substituents is 1. The summed E-state index contributed by atoms with van der Waals surface area (Å²) in [4.78, 5) is 29.0. The van der Waals surface area contributed by atoms with E-state index in [0.717, 1.165) is 11.1 Å². The van der Waals surface area contributed by atoms with Gasteiger partial charge in [-0.25, -0.2) is 0 Å². The third kappa shape index (κ3) is 3.84. The van der Waals surface area contributed by atoms with E-state index < -0.39 is 4.92 Å². The molecule has 27 heavy (non-hydrogen) atoms. The minimum Gasteiger partial charge on any atom is -0.337 e. The van der Waals surface area contributed by atoms with Gasteiger partial charge in [0.1, 0.15) is 0 Å². The molecular formula is C19H18N4O4. The average Bonchev–Trinajstić information content (AvgIpc) is 3.09. The Balaban J connectivity index is 1.78. The van der Waals surface area contributed by atoms with Crippen LogP contribution in [0.15, 0.2) is 47.0 Å². The summed E-state index contributed by atoms with van der Waals surface area (Å²) in [6.45, 7) is 3.62. The van der Waals surface area contributed by atoms with Crippen LogP contribution in [0.2, 0.25) is 0 Å². The predicted octanol–water partition coefficient (Wildman–Crippen LogP) is 3.53. The summed E-state index contributed by atoms with van der Waals surface area (Å²) >= 11 is 0. The van der Waals surface area contributed by atoms with Crippen LogP contribution in [0.1, 0.15) is 27.4 Å². The molecule has 0 N–H and O–H groups in total. The molecule has 0 unspecified atom stereocenters. The minimum atomic E-state index is -0.502. The van der Waals surface area contributed by atoms with Crippen LogP contribution < -0.4 is 0 Å². The summed E-state index contributed by atoms with van der Waals surface area (Å²) in [5.74, 6) is 0.373. The zero-order chi connectivity index (χ0) is 19.6. The Bertz CT molecular complexity index is 1010. The second-order valence-corrected chi connectivity index (χ2v) is 6.25. The molecule has 0 radical (unpaired) electrons. The molecule has 1 aromatic heterocycles. The van der Waals surface area contributed by atoms with Crippen molar-refractivity contribution in [1.29, 1.82) is 0 Å². The Morgan fingerprint density at radius 1 is 1.22 bits per heavy atom. The number of nitro groups is 1. The van der Waals surface area contributed by atoms with Crippen molar-refractivity contribution < 1.29 is 14.2 Å². The Kier molecular flexibility index (Phi) is 4.98. The molecule has 0 spiro atoms. The van der Waals surface area contributed by atoms with E-state index in [0.29, 0.717) is 11.4 Å². The third-order valence-corrected chi connectivity index (χ3v) is 4.20. The Hall–Kier alpha value is -3.55. The van der Waals surface area contributed by atoms with E-state index in [9.17, 15) is 14.9 Å². The minimum absolute atomic E-state index is 0.0891. The van der Waals surface area contributed by atoms with E-state index in [2.05, 4.69) is 10.1 Å². The van der Waals surface area contributed by atoms with Crippen molar-refractivity contribution >= 4 is 11.6 Å². The molecule has 1 amide bonds. The lowest BCUT2D eigenvalue weighted by Crippen LogP contribution is -2.27. The molecule has 0 aliphatic heterocycles. The van der Waals surface area contributed by atoms with E-state index in [4.69, 9.17) is 4.52 Å². The smallest absolute Gasteiger partial charge is 0.273 e. The second kappa shape index (κ2) is 7.36. The fraction of sp³-hybridized carbons (Fsp3) is 0.211. The van der Waals surface area contributed by atoms with Crippen molar-refractivity contribution in [2.24, 2.45) is 0 Å². The summed E-state index contributed by atoms with van der Waals surface area (Å²) in [5, 5.41) is 15.0. The van der Waals surface area contributed by atoms with Gasteiger partial charge in [0, 0.05) is 29.8 Å². The normalized spacial score (nSPS) is 10.6. The standard InChI is InChI=1S/C19H18N4O4/c1-12-6-4-7-14(10-12)18-20-17(27-21-18)11-22(3)19(24)15-8-5-9-16(13(15)2)23(25)26/h4-10H,11H2,1-3H3. The van der Waals surface area contributed by atoms with Gasteiger partial charge in [-0.15, -0.1) is 0 Å². The van der Waals surface area contributed by atoms with Crippen molar-refractivity contribution in [3.05, 3.63) is 75.2 Å². The number of nitrogens with zero attached hydrogens (tertiary/aromatic N) is 4. The highest BCUT2D eigenvalue weighted by molar-refractivity contribution is 5.96. The van der Waals surface area contributed by atoms with Crippen LogP contribution in [0.3, 0.4) is 0 Å². The third-order valence-electron chi connectivity index (χ3n) is 4.20. The van der Waals surface area contributed by atoms with Crippen LogP contribution in [-0.4, -0.2) is 32.9 Å². The largest absolute Gasteiger partial charge is 0.337 e. The van der Waals surface area contributed by atoms with Crippen LogP contribution in [0.25, 0.3) is 11.4 Å². The van der Waals surface area contributed by atoms with E-state index in [-0.39, 0.29) is 29.6 Å². The van der Waals surface area contributed by atoms with Crippen molar-refractivity contribution in [3.63, 3.8) is 0 Å². The quantitative estimate of drug-likeness (QED) is 0.505. The van der Waals surface area contributed by atoms with E-state index in [1.54, 1.807) is 20.0 Å². The molecule has 138 valence electrons. The molecular weight excluding hydrogens is 348 g/mol. The molecule has 2 aromatic carbocycles. The number of rotatable bonds is 5. The summed E-state index contributed by atoms with van der Waals surface area (Å²) < 4.78 is 5.24. The maximum absolute atomic E-state index is 12.7. The Morgan fingerprint density at radius 2 is 1.96 bits per heavy atom. The van der Waals surface area contributed by atoms with Crippen LogP contribution in [0.4, 0.5) is 5.69 Å². The van der Waals surface area contributed by atoms with Crippen molar-refractivity contribution in [1.82, 2.24) is 15.0 Å². The molecule has 0 aliphatic carbocycles. The maximum atomic E-state index is 12.7. The number of aromatic nitrogens is 2. The number of amides is 1. The highest BCUT2D eigenvalue weighted by Crippen LogP contribution is 2.23. The Labute approximate surface area is 155 Å². The highest BCUT2D eigenvalue weighted by atomic mass is 16.6. The van der Waals surface area contributed by atoms with Gasteiger partial charge in [-0.3, -0.25) is 14.9 Å². The molecule has 0 bridgehead atoms. The lowest BCUT2D eigenvalue weighted by molar-refractivity contribution is -0.385. The highest BCUT2D eigenvalue weighted by Gasteiger charge is 2.22.